The van der Waals surface area contributed by atoms with E-state index >= 15 is 0 Å². The highest BCUT2D eigenvalue weighted by Crippen LogP contribution is 2.17. The molecule has 0 aliphatic carbocycles. The summed E-state index contributed by atoms with van der Waals surface area (Å²) < 4.78 is 4.86. The molecule has 1 unspecified atom stereocenters. The number of esters is 1. The molecule has 2 rings (SSSR count). The molecular formula is C14H16N2O4. The van der Waals surface area contributed by atoms with Gasteiger partial charge in [-0.2, -0.15) is 0 Å². The van der Waals surface area contributed by atoms with Gasteiger partial charge in [-0.1, -0.05) is 6.07 Å². The second-order valence-electron chi connectivity index (χ2n) is 4.50. The standard InChI is InChI=1S/C14H16N2O4/c1-2-20-14(19)10-6-8-16(9-12(10)17)13(18)11-5-3-4-7-15-11/h3-5,7,10H,2,6,8-9H2,1H3. The predicted molar refractivity (Wildman–Crippen MR) is 69.9 cm³/mol. The quantitative estimate of drug-likeness (QED) is 0.599. The molecule has 1 aromatic heterocycles. The van der Waals surface area contributed by atoms with Crippen LogP contribution in [0.25, 0.3) is 0 Å². The van der Waals surface area contributed by atoms with Crippen molar-refractivity contribution < 1.29 is 19.1 Å². The number of ether oxygens (including phenoxy) is 1. The number of likely N-dealkylation sites (tertiary alicyclic amines) is 1. The van der Waals surface area contributed by atoms with Crippen molar-refractivity contribution in [1.82, 2.24) is 9.88 Å². The van der Waals surface area contributed by atoms with Crippen molar-refractivity contribution in [3.63, 3.8) is 0 Å². The molecule has 0 spiro atoms. The predicted octanol–water partition coefficient (Wildman–Crippen LogP) is 0.676. The Morgan fingerprint density at radius 1 is 1.45 bits per heavy atom. The molecule has 1 saturated heterocycles. The lowest BCUT2D eigenvalue weighted by atomic mass is 9.95. The van der Waals surface area contributed by atoms with Gasteiger partial charge in [0.15, 0.2) is 5.78 Å². The first-order valence-corrected chi connectivity index (χ1v) is 6.53. The summed E-state index contributed by atoms with van der Waals surface area (Å²) >= 11 is 0. The summed E-state index contributed by atoms with van der Waals surface area (Å²) in [7, 11) is 0. The van der Waals surface area contributed by atoms with Crippen LogP contribution in [0.3, 0.4) is 0 Å². The molecule has 1 aliphatic rings. The smallest absolute Gasteiger partial charge is 0.316 e. The van der Waals surface area contributed by atoms with Gasteiger partial charge in [-0.05, 0) is 25.5 Å². The second-order valence-corrected chi connectivity index (χ2v) is 4.50. The lowest BCUT2D eigenvalue weighted by Crippen LogP contribution is -2.46. The van der Waals surface area contributed by atoms with Gasteiger partial charge >= 0.3 is 5.97 Å². The minimum absolute atomic E-state index is 0.0705. The molecule has 6 nitrogen and oxygen atoms in total. The van der Waals surface area contributed by atoms with Crippen molar-refractivity contribution in [3.05, 3.63) is 30.1 Å². The summed E-state index contributed by atoms with van der Waals surface area (Å²) in [5.74, 6) is -1.81. The van der Waals surface area contributed by atoms with Crippen LogP contribution >= 0.6 is 0 Å². The Balaban J connectivity index is 2.01. The Morgan fingerprint density at radius 3 is 2.85 bits per heavy atom. The van der Waals surface area contributed by atoms with E-state index in [2.05, 4.69) is 4.98 Å². The van der Waals surface area contributed by atoms with Gasteiger partial charge < -0.3 is 9.64 Å². The maximum absolute atomic E-state index is 12.1. The van der Waals surface area contributed by atoms with E-state index in [1.165, 1.54) is 11.1 Å². The topological polar surface area (TPSA) is 76.6 Å². The second kappa shape index (κ2) is 6.27. The third kappa shape index (κ3) is 3.01. The van der Waals surface area contributed by atoms with E-state index < -0.39 is 11.9 Å². The summed E-state index contributed by atoms with van der Waals surface area (Å²) in [5, 5.41) is 0. The van der Waals surface area contributed by atoms with Gasteiger partial charge in [0.2, 0.25) is 0 Å². The van der Waals surface area contributed by atoms with E-state index in [1.807, 2.05) is 0 Å². The van der Waals surface area contributed by atoms with Crippen molar-refractivity contribution in [3.8, 4) is 0 Å². The number of aromatic nitrogens is 1. The van der Waals surface area contributed by atoms with Crippen LogP contribution in [0.4, 0.5) is 0 Å². The lowest BCUT2D eigenvalue weighted by molar-refractivity contribution is -0.153. The van der Waals surface area contributed by atoms with Gasteiger partial charge in [-0.3, -0.25) is 19.4 Å². The van der Waals surface area contributed by atoms with E-state index in [0.717, 1.165) is 0 Å². The molecule has 6 heteroatoms. The van der Waals surface area contributed by atoms with Crippen LogP contribution in [-0.2, 0) is 14.3 Å². The van der Waals surface area contributed by atoms with Crippen LogP contribution in [-0.4, -0.2) is 47.2 Å². The Hall–Kier alpha value is -2.24. The van der Waals surface area contributed by atoms with Crippen LogP contribution in [0.5, 0.6) is 0 Å². The molecule has 0 bridgehead atoms. The maximum atomic E-state index is 12.1. The molecular weight excluding hydrogens is 260 g/mol. The molecule has 0 radical (unpaired) electrons. The molecule has 1 amide bonds. The molecule has 0 saturated carbocycles. The summed E-state index contributed by atoms with van der Waals surface area (Å²) in [6.45, 7) is 2.23. The first-order valence-electron chi connectivity index (χ1n) is 6.53. The van der Waals surface area contributed by atoms with Crippen molar-refractivity contribution >= 4 is 17.7 Å². The zero-order valence-corrected chi connectivity index (χ0v) is 11.2. The number of nitrogens with zero attached hydrogens (tertiary/aromatic N) is 2. The number of amides is 1. The first-order chi connectivity index (χ1) is 9.63. The molecule has 1 aliphatic heterocycles. The van der Waals surface area contributed by atoms with Crippen molar-refractivity contribution in [2.45, 2.75) is 13.3 Å². The fourth-order valence-electron chi connectivity index (χ4n) is 2.14. The fourth-order valence-corrected chi connectivity index (χ4v) is 2.14. The van der Waals surface area contributed by atoms with E-state index in [0.29, 0.717) is 18.7 Å². The number of pyridine rings is 1. The zero-order chi connectivity index (χ0) is 14.5. The number of carbonyl (C=O) groups excluding carboxylic acids is 3. The van der Waals surface area contributed by atoms with Crippen LogP contribution in [0.2, 0.25) is 0 Å². The molecule has 0 N–H and O–H groups in total. The highest BCUT2D eigenvalue weighted by atomic mass is 16.5. The number of hydrogen-bond acceptors (Lipinski definition) is 5. The molecule has 20 heavy (non-hydrogen) atoms. The van der Waals surface area contributed by atoms with Gasteiger partial charge in [0.25, 0.3) is 5.91 Å². The molecule has 0 aromatic carbocycles. The Labute approximate surface area is 116 Å². The Morgan fingerprint density at radius 2 is 2.25 bits per heavy atom. The third-order valence-electron chi connectivity index (χ3n) is 3.17. The third-order valence-corrected chi connectivity index (χ3v) is 3.17. The van der Waals surface area contributed by atoms with E-state index in [1.54, 1.807) is 25.1 Å². The normalized spacial score (nSPS) is 18.8. The van der Waals surface area contributed by atoms with Crippen molar-refractivity contribution in [2.24, 2.45) is 5.92 Å². The van der Waals surface area contributed by atoms with Gasteiger partial charge in [-0.15, -0.1) is 0 Å². The van der Waals surface area contributed by atoms with Crippen LogP contribution in [0, 0.1) is 5.92 Å². The number of hydrogen-bond donors (Lipinski definition) is 0. The van der Waals surface area contributed by atoms with Gasteiger partial charge in [0, 0.05) is 12.7 Å². The number of carbonyl (C=O) groups is 3. The summed E-state index contributed by atoms with van der Waals surface area (Å²) in [4.78, 5) is 41.1. The maximum Gasteiger partial charge on any atom is 0.316 e. The van der Waals surface area contributed by atoms with Gasteiger partial charge in [0.1, 0.15) is 11.6 Å². The number of Topliss-reactive ketones (excluding diaryl/α,β-unsaturated/α-hetero) is 1. The summed E-state index contributed by atoms with van der Waals surface area (Å²) in [6.07, 6.45) is 1.83. The average Bonchev–Trinajstić information content (AvgIpc) is 2.47. The number of ketones is 1. The fraction of sp³-hybridized carbons (Fsp3) is 0.429. The first kappa shape index (κ1) is 14.2. The molecule has 106 valence electrons. The van der Waals surface area contributed by atoms with E-state index in [4.69, 9.17) is 4.74 Å². The average molecular weight is 276 g/mol. The summed E-state index contributed by atoms with van der Waals surface area (Å²) in [6, 6.07) is 5.03. The number of piperidine rings is 1. The monoisotopic (exact) mass is 276 g/mol. The Bertz CT molecular complexity index is 515. The Kier molecular flexibility index (Phi) is 4.45. The van der Waals surface area contributed by atoms with Crippen molar-refractivity contribution in [2.75, 3.05) is 19.7 Å². The lowest BCUT2D eigenvalue weighted by Gasteiger charge is -2.29. The van der Waals surface area contributed by atoms with Crippen LogP contribution in [0.15, 0.2) is 24.4 Å². The minimum atomic E-state index is -0.747. The summed E-state index contributed by atoms with van der Waals surface area (Å²) in [5.41, 5.74) is 0.301. The van der Waals surface area contributed by atoms with Crippen LogP contribution in [0.1, 0.15) is 23.8 Å². The zero-order valence-electron chi connectivity index (χ0n) is 11.2. The van der Waals surface area contributed by atoms with Crippen molar-refractivity contribution in [1.29, 1.82) is 0 Å². The van der Waals surface area contributed by atoms with Gasteiger partial charge in [-0.25, -0.2) is 0 Å². The SMILES string of the molecule is CCOC(=O)C1CCN(C(=O)c2ccccn2)CC1=O. The molecule has 1 atom stereocenters. The molecule has 1 fully saturated rings. The van der Waals surface area contributed by atoms with Crippen LogP contribution < -0.4 is 0 Å². The largest absolute Gasteiger partial charge is 0.465 e. The molecule has 1 aromatic rings. The van der Waals surface area contributed by atoms with E-state index in [9.17, 15) is 14.4 Å². The number of rotatable bonds is 3. The highest BCUT2D eigenvalue weighted by molar-refractivity contribution is 6.03. The van der Waals surface area contributed by atoms with Gasteiger partial charge in [0.05, 0.1) is 13.2 Å². The highest BCUT2D eigenvalue weighted by Gasteiger charge is 2.35. The minimum Gasteiger partial charge on any atom is -0.465 e. The van der Waals surface area contributed by atoms with E-state index in [-0.39, 0.29) is 24.8 Å². The molecule has 2 heterocycles.